The van der Waals surface area contributed by atoms with Gasteiger partial charge in [-0.1, -0.05) is 13.3 Å². The number of amides is 1. The maximum Gasteiger partial charge on any atom is 0.326 e. The lowest BCUT2D eigenvalue weighted by Crippen LogP contribution is -2.45. The lowest BCUT2D eigenvalue weighted by Gasteiger charge is -2.23. The Balaban J connectivity index is 2.43. The number of carbonyl (C=O) groups excluding carboxylic acids is 1. The van der Waals surface area contributed by atoms with E-state index in [0.717, 1.165) is 32.4 Å². The van der Waals surface area contributed by atoms with E-state index in [1.165, 1.54) is 0 Å². The molecule has 0 radical (unpaired) electrons. The molecule has 5 heteroatoms. The first kappa shape index (κ1) is 13.0. The summed E-state index contributed by atoms with van der Waals surface area (Å²) in [4.78, 5) is 22.7. The molecule has 1 aliphatic rings. The van der Waals surface area contributed by atoms with E-state index in [1.807, 2.05) is 6.92 Å². The number of piperidine rings is 1. The number of hydrogen-bond donors (Lipinski definition) is 3. The highest BCUT2D eigenvalue weighted by Crippen LogP contribution is 2.12. The van der Waals surface area contributed by atoms with Crippen molar-refractivity contribution in [2.24, 2.45) is 5.92 Å². The van der Waals surface area contributed by atoms with Gasteiger partial charge in [-0.15, -0.1) is 0 Å². The number of rotatable bonds is 5. The Bertz CT molecular complexity index is 250. The fourth-order valence-corrected chi connectivity index (χ4v) is 1.92. The molecule has 1 atom stereocenters. The number of carboxylic acids is 1. The van der Waals surface area contributed by atoms with Gasteiger partial charge in [0.25, 0.3) is 0 Å². The third-order valence-electron chi connectivity index (χ3n) is 2.90. The minimum Gasteiger partial charge on any atom is -0.480 e. The molecule has 1 unspecified atom stereocenters. The van der Waals surface area contributed by atoms with Crippen LogP contribution in [-0.2, 0) is 9.59 Å². The molecule has 0 aliphatic carbocycles. The smallest absolute Gasteiger partial charge is 0.326 e. The zero-order chi connectivity index (χ0) is 12.0. The largest absolute Gasteiger partial charge is 0.480 e. The molecule has 0 aromatic rings. The molecule has 1 fully saturated rings. The number of carbonyl (C=O) groups is 2. The fourth-order valence-electron chi connectivity index (χ4n) is 1.92. The Labute approximate surface area is 95.6 Å². The molecule has 0 aromatic heterocycles. The molecule has 92 valence electrons. The second kappa shape index (κ2) is 6.48. The van der Waals surface area contributed by atoms with E-state index in [4.69, 9.17) is 5.11 Å². The van der Waals surface area contributed by atoms with Gasteiger partial charge in [-0.3, -0.25) is 4.79 Å². The number of aliphatic carboxylic acids is 1. The maximum absolute atomic E-state index is 11.8. The summed E-state index contributed by atoms with van der Waals surface area (Å²) in [6.45, 7) is 3.58. The summed E-state index contributed by atoms with van der Waals surface area (Å²) in [7, 11) is 0. The summed E-state index contributed by atoms with van der Waals surface area (Å²) < 4.78 is 0. The lowest BCUT2D eigenvalue weighted by molar-refractivity contribution is -0.142. The number of hydrogen-bond acceptors (Lipinski definition) is 3. The SMILES string of the molecule is CCCC(NC(=O)C1CCNCC1)C(=O)O. The molecule has 1 heterocycles. The Morgan fingerprint density at radius 2 is 2.06 bits per heavy atom. The minimum atomic E-state index is -0.941. The van der Waals surface area contributed by atoms with Crippen molar-refractivity contribution >= 4 is 11.9 Å². The highest BCUT2D eigenvalue weighted by molar-refractivity contribution is 5.85. The monoisotopic (exact) mass is 228 g/mol. The van der Waals surface area contributed by atoms with Gasteiger partial charge < -0.3 is 15.7 Å². The van der Waals surface area contributed by atoms with Gasteiger partial charge in [0.2, 0.25) is 5.91 Å². The van der Waals surface area contributed by atoms with Gasteiger partial charge in [0.15, 0.2) is 0 Å². The first-order chi connectivity index (χ1) is 7.65. The molecule has 3 N–H and O–H groups in total. The quantitative estimate of drug-likeness (QED) is 0.634. The highest BCUT2D eigenvalue weighted by atomic mass is 16.4. The van der Waals surface area contributed by atoms with Gasteiger partial charge in [-0.25, -0.2) is 4.79 Å². The molecule has 1 aliphatic heterocycles. The van der Waals surface area contributed by atoms with Gasteiger partial charge in [0, 0.05) is 5.92 Å². The highest BCUT2D eigenvalue weighted by Gasteiger charge is 2.25. The van der Waals surface area contributed by atoms with Crippen molar-refractivity contribution in [3.8, 4) is 0 Å². The van der Waals surface area contributed by atoms with E-state index < -0.39 is 12.0 Å². The molecule has 1 saturated heterocycles. The van der Waals surface area contributed by atoms with Crippen molar-refractivity contribution in [2.75, 3.05) is 13.1 Å². The van der Waals surface area contributed by atoms with Gasteiger partial charge in [-0.05, 0) is 32.4 Å². The molecule has 1 amide bonds. The van der Waals surface area contributed by atoms with Crippen LogP contribution in [-0.4, -0.2) is 36.1 Å². The van der Waals surface area contributed by atoms with Crippen LogP contribution in [0, 0.1) is 5.92 Å². The average molecular weight is 228 g/mol. The summed E-state index contributed by atoms with van der Waals surface area (Å²) in [6, 6.07) is -0.729. The van der Waals surface area contributed by atoms with Crippen LogP contribution in [0.15, 0.2) is 0 Å². The van der Waals surface area contributed by atoms with Crippen molar-refractivity contribution in [3.05, 3.63) is 0 Å². The molecule has 0 spiro atoms. The van der Waals surface area contributed by atoms with E-state index in [9.17, 15) is 9.59 Å². The van der Waals surface area contributed by atoms with Gasteiger partial charge in [0.05, 0.1) is 0 Å². The molecule has 16 heavy (non-hydrogen) atoms. The van der Waals surface area contributed by atoms with Crippen LogP contribution < -0.4 is 10.6 Å². The molecule has 5 nitrogen and oxygen atoms in total. The number of nitrogens with one attached hydrogen (secondary N) is 2. The molecule has 0 bridgehead atoms. The topological polar surface area (TPSA) is 78.4 Å². The van der Waals surface area contributed by atoms with Crippen molar-refractivity contribution in [1.82, 2.24) is 10.6 Å². The van der Waals surface area contributed by atoms with Crippen LogP contribution in [0.1, 0.15) is 32.6 Å². The van der Waals surface area contributed by atoms with Crippen molar-refractivity contribution in [2.45, 2.75) is 38.6 Å². The lowest BCUT2D eigenvalue weighted by atomic mass is 9.96. The maximum atomic E-state index is 11.8. The normalized spacial score (nSPS) is 19.1. The molecule has 1 rings (SSSR count). The van der Waals surface area contributed by atoms with Crippen LogP contribution in [0.3, 0.4) is 0 Å². The van der Waals surface area contributed by atoms with Crippen molar-refractivity contribution < 1.29 is 14.7 Å². The standard InChI is InChI=1S/C11H20N2O3/c1-2-3-9(11(15)16)13-10(14)8-4-6-12-7-5-8/h8-9,12H,2-7H2,1H3,(H,13,14)(H,15,16). The van der Waals surface area contributed by atoms with Crippen molar-refractivity contribution in [1.29, 1.82) is 0 Å². The van der Waals surface area contributed by atoms with Crippen LogP contribution >= 0.6 is 0 Å². The van der Waals surface area contributed by atoms with E-state index in [-0.39, 0.29) is 11.8 Å². The molecular formula is C11H20N2O3. The van der Waals surface area contributed by atoms with Crippen LogP contribution in [0.2, 0.25) is 0 Å². The summed E-state index contributed by atoms with van der Waals surface area (Å²) in [5.74, 6) is -1.08. The Morgan fingerprint density at radius 3 is 2.56 bits per heavy atom. The van der Waals surface area contributed by atoms with Crippen molar-refractivity contribution in [3.63, 3.8) is 0 Å². The summed E-state index contributed by atoms with van der Waals surface area (Å²) in [5, 5.41) is 14.7. The Hall–Kier alpha value is -1.10. The molecule has 0 saturated carbocycles. The summed E-state index contributed by atoms with van der Waals surface area (Å²) in [6.07, 6.45) is 2.84. The minimum absolute atomic E-state index is 0.0278. The second-order valence-corrected chi connectivity index (χ2v) is 4.21. The first-order valence-corrected chi connectivity index (χ1v) is 5.89. The number of carboxylic acid groups (broad SMARTS) is 1. The summed E-state index contributed by atoms with van der Waals surface area (Å²) >= 11 is 0. The zero-order valence-electron chi connectivity index (χ0n) is 9.66. The van der Waals surface area contributed by atoms with Gasteiger partial charge in [-0.2, -0.15) is 0 Å². The third kappa shape index (κ3) is 3.81. The van der Waals surface area contributed by atoms with Crippen LogP contribution in [0.4, 0.5) is 0 Å². The summed E-state index contributed by atoms with van der Waals surface area (Å²) in [5.41, 5.74) is 0. The van der Waals surface area contributed by atoms with E-state index >= 15 is 0 Å². The fraction of sp³-hybridized carbons (Fsp3) is 0.818. The molecule has 0 aromatic carbocycles. The Kier molecular flexibility index (Phi) is 5.25. The Morgan fingerprint density at radius 1 is 1.44 bits per heavy atom. The average Bonchev–Trinajstić information content (AvgIpc) is 2.29. The van der Waals surface area contributed by atoms with Crippen LogP contribution in [0.5, 0.6) is 0 Å². The predicted molar refractivity (Wildman–Crippen MR) is 60.1 cm³/mol. The van der Waals surface area contributed by atoms with E-state index in [2.05, 4.69) is 10.6 Å². The first-order valence-electron chi connectivity index (χ1n) is 5.89. The second-order valence-electron chi connectivity index (χ2n) is 4.21. The third-order valence-corrected chi connectivity index (χ3v) is 2.90. The van der Waals surface area contributed by atoms with Gasteiger partial charge in [0.1, 0.15) is 6.04 Å². The zero-order valence-corrected chi connectivity index (χ0v) is 9.66. The van der Waals surface area contributed by atoms with E-state index in [0.29, 0.717) is 6.42 Å². The van der Waals surface area contributed by atoms with Gasteiger partial charge >= 0.3 is 5.97 Å². The molecular weight excluding hydrogens is 208 g/mol. The van der Waals surface area contributed by atoms with E-state index in [1.54, 1.807) is 0 Å². The predicted octanol–water partition coefficient (Wildman–Crippen LogP) is 0.355. The van der Waals surface area contributed by atoms with Crippen LogP contribution in [0.25, 0.3) is 0 Å².